The van der Waals surface area contributed by atoms with Gasteiger partial charge in [0.25, 0.3) is 0 Å². The van der Waals surface area contributed by atoms with E-state index < -0.39 is 6.10 Å². The Morgan fingerprint density at radius 2 is 1.88 bits per heavy atom. The van der Waals surface area contributed by atoms with E-state index in [1.165, 1.54) is 6.07 Å². The van der Waals surface area contributed by atoms with Crippen molar-refractivity contribution < 1.29 is 9.84 Å². The average Bonchev–Trinajstić information content (AvgIpc) is 3.31. The number of nitrogens with one attached hydrogen (secondary N) is 3. The molecule has 0 saturated heterocycles. The van der Waals surface area contributed by atoms with Crippen LogP contribution in [0.5, 0.6) is 5.75 Å². The summed E-state index contributed by atoms with van der Waals surface area (Å²) in [7, 11) is 0. The molecule has 5 rings (SSSR count). The summed E-state index contributed by atoms with van der Waals surface area (Å²) in [4.78, 5) is 14.9. The van der Waals surface area contributed by atoms with Crippen LogP contribution in [0.3, 0.4) is 0 Å². The number of aliphatic hydroxyl groups is 1. The van der Waals surface area contributed by atoms with Crippen molar-refractivity contribution >= 4 is 21.9 Å². The van der Waals surface area contributed by atoms with Gasteiger partial charge >= 0.3 is 0 Å². The van der Waals surface area contributed by atoms with Gasteiger partial charge in [0.05, 0.1) is 17.1 Å². The Labute approximate surface area is 189 Å². The first kappa shape index (κ1) is 20.9. The molecule has 0 aliphatic carbocycles. The lowest BCUT2D eigenvalue weighted by Gasteiger charge is -2.17. The quantitative estimate of drug-likeness (QED) is 0.294. The second-order valence-corrected chi connectivity index (χ2v) is 7.85. The molecule has 33 heavy (non-hydrogen) atoms. The fourth-order valence-corrected chi connectivity index (χ4v) is 3.86. The first-order valence-electron chi connectivity index (χ1n) is 10.7. The molecule has 166 valence electrons. The van der Waals surface area contributed by atoms with E-state index >= 15 is 0 Å². The minimum Gasteiger partial charge on any atom is -0.487 e. The maximum atomic E-state index is 12.0. The van der Waals surface area contributed by atoms with Crippen molar-refractivity contribution in [1.29, 1.82) is 0 Å². The summed E-state index contributed by atoms with van der Waals surface area (Å²) in [5.41, 5.74) is 4.84. The van der Waals surface area contributed by atoms with Gasteiger partial charge in [-0.25, -0.2) is 0 Å². The Morgan fingerprint density at radius 1 is 1.00 bits per heavy atom. The Morgan fingerprint density at radius 3 is 2.76 bits per heavy atom. The van der Waals surface area contributed by atoms with Crippen molar-refractivity contribution in [2.45, 2.75) is 19.3 Å². The standard InChI is InChI=1S/C25H23N5O3/c31-22(14-26-13-17-6-9-20-21(12-17)29-30-28-20)18-7-10-23(25-19(18)8-11-24(32)27-25)33-15-16-4-2-1-3-5-16/h1-12,22,26,31H,13-15H2,(H,27,32)(H,28,29,30)/t22-/m0/s1. The number of aromatic amines is 2. The normalized spacial score (nSPS) is 12.3. The zero-order chi connectivity index (χ0) is 22.6. The van der Waals surface area contributed by atoms with Gasteiger partial charge in [-0.05, 0) is 41.0 Å². The molecule has 1 atom stereocenters. The van der Waals surface area contributed by atoms with Crippen LogP contribution in [0.4, 0.5) is 0 Å². The molecule has 4 N–H and O–H groups in total. The van der Waals surface area contributed by atoms with Crippen molar-refractivity contribution in [2.24, 2.45) is 0 Å². The summed E-state index contributed by atoms with van der Waals surface area (Å²) in [6.07, 6.45) is -0.765. The monoisotopic (exact) mass is 441 g/mol. The Bertz CT molecular complexity index is 1450. The molecular formula is C25H23N5O3. The van der Waals surface area contributed by atoms with Gasteiger partial charge in [0, 0.05) is 24.5 Å². The summed E-state index contributed by atoms with van der Waals surface area (Å²) in [5, 5.41) is 25.5. The lowest BCUT2D eigenvalue weighted by atomic mass is 10.0. The van der Waals surface area contributed by atoms with Gasteiger partial charge in [0.1, 0.15) is 17.9 Å². The average molecular weight is 441 g/mol. The van der Waals surface area contributed by atoms with E-state index in [1.807, 2.05) is 54.6 Å². The Kier molecular flexibility index (Phi) is 5.84. The fourth-order valence-electron chi connectivity index (χ4n) is 3.86. The van der Waals surface area contributed by atoms with E-state index in [0.29, 0.717) is 36.5 Å². The highest BCUT2D eigenvalue weighted by Gasteiger charge is 2.15. The second-order valence-electron chi connectivity index (χ2n) is 7.85. The van der Waals surface area contributed by atoms with Crippen LogP contribution in [0.1, 0.15) is 22.8 Å². The molecule has 8 nitrogen and oxygen atoms in total. The Hall–Kier alpha value is -4.01. The predicted molar refractivity (Wildman–Crippen MR) is 126 cm³/mol. The van der Waals surface area contributed by atoms with Crippen molar-refractivity contribution in [2.75, 3.05) is 6.54 Å². The first-order valence-corrected chi connectivity index (χ1v) is 10.7. The minimum atomic E-state index is -0.765. The third kappa shape index (κ3) is 4.62. The van der Waals surface area contributed by atoms with Crippen LogP contribution in [-0.4, -0.2) is 32.0 Å². The van der Waals surface area contributed by atoms with Gasteiger partial charge in [-0.3, -0.25) is 9.89 Å². The summed E-state index contributed by atoms with van der Waals surface area (Å²) in [5.74, 6) is 0.567. The summed E-state index contributed by atoms with van der Waals surface area (Å²) >= 11 is 0. The first-order chi connectivity index (χ1) is 16.2. The van der Waals surface area contributed by atoms with E-state index in [4.69, 9.17) is 4.74 Å². The number of aromatic nitrogens is 4. The topological polar surface area (TPSA) is 116 Å². The molecular weight excluding hydrogens is 418 g/mol. The van der Waals surface area contributed by atoms with Crippen LogP contribution in [-0.2, 0) is 13.2 Å². The van der Waals surface area contributed by atoms with Crippen LogP contribution < -0.4 is 15.6 Å². The SMILES string of the molecule is O=c1ccc2c([C@@H](O)CNCc3ccc4nn[nH]c4c3)ccc(OCc3ccccc3)c2[nH]1. The molecule has 0 spiro atoms. The zero-order valence-corrected chi connectivity index (χ0v) is 17.8. The van der Waals surface area contributed by atoms with Crippen LogP contribution in [0.25, 0.3) is 21.9 Å². The van der Waals surface area contributed by atoms with Gasteiger partial charge in [-0.15, -0.1) is 5.10 Å². The van der Waals surface area contributed by atoms with Crippen molar-refractivity contribution in [3.05, 3.63) is 99.8 Å². The van der Waals surface area contributed by atoms with Gasteiger partial charge in [0.2, 0.25) is 5.56 Å². The minimum absolute atomic E-state index is 0.222. The van der Waals surface area contributed by atoms with Gasteiger partial charge in [0.15, 0.2) is 0 Å². The van der Waals surface area contributed by atoms with E-state index in [9.17, 15) is 9.90 Å². The lowest BCUT2D eigenvalue weighted by Crippen LogP contribution is -2.21. The molecule has 5 aromatic rings. The molecule has 0 radical (unpaired) electrons. The lowest BCUT2D eigenvalue weighted by molar-refractivity contribution is 0.176. The van der Waals surface area contributed by atoms with E-state index in [0.717, 1.165) is 27.5 Å². The zero-order valence-electron chi connectivity index (χ0n) is 17.8. The van der Waals surface area contributed by atoms with Gasteiger partial charge in [-0.1, -0.05) is 47.7 Å². The second kappa shape index (κ2) is 9.23. The summed E-state index contributed by atoms with van der Waals surface area (Å²) < 4.78 is 5.98. The van der Waals surface area contributed by atoms with Gasteiger partial charge < -0.3 is 20.1 Å². The highest BCUT2D eigenvalue weighted by molar-refractivity contribution is 5.87. The maximum absolute atomic E-state index is 12.0. The van der Waals surface area contributed by atoms with Crippen LogP contribution in [0, 0.1) is 0 Å². The largest absolute Gasteiger partial charge is 0.487 e. The van der Waals surface area contributed by atoms with E-state index in [1.54, 1.807) is 12.1 Å². The van der Waals surface area contributed by atoms with Gasteiger partial charge in [-0.2, -0.15) is 0 Å². The number of aliphatic hydroxyl groups excluding tert-OH is 1. The number of hydrogen-bond donors (Lipinski definition) is 4. The number of benzene rings is 3. The van der Waals surface area contributed by atoms with Crippen LogP contribution in [0.2, 0.25) is 0 Å². The molecule has 0 bridgehead atoms. The van der Waals surface area contributed by atoms with Crippen LogP contribution >= 0.6 is 0 Å². The predicted octanol–water partition coefficient (Wildman–Crippen LogP) is 3.20. The maximum Gasteiger partial charge on any atom is 0.248 e. The molecule has 2 heterocycles. The number of rotatable bonds is 8. The van der Waals surface area contributed by atoms with Crippen molar-refractivity contribution in [3.8, 4) is 5.75 Å². The number of nitrogens with zero attached hydrogens (tertiary/aromatic N) is 2. The molecule has 0 amide bonds. The molecule has 8 heteroatoms. The molecule has 0 aliphatic heterocycles. The highest BCUT2D eigenvalue weighted by atomic mass is 16.5. The fraction of sp³-hybridized carbons (Fsp3) is 0.160. The highest BCUT2D eigenvalue weighted by Crippen LogP contribution is 2.30. The third-order valence-electron chi connectivity index (χ3n) is 5.54. The Balaban J connectivity index is 1.32. The van der Waals surface area contributed by atoms with Crippen LogP contribution in [0.15, 0.2) is 77.6 Å². The summed E-state index contributed by atoms with van der Waals surface area (Å²) in [6.45, 7) is 1.31. The number of ether oxygens (including phenoxy) is 1. The van der Waals surface area contributed by atoms with E-state index in [-0.39, 0.29) is 5.56 Å². The summed E-state index contributed by atoms with van der Waals surface area (Å²) in [6, 6.07) is 22.5. The van der Waals surface area contributed by atoms with Crippen molar-refractivity contribution in [1.82, 2.24) is 25.7 Å². The number of H-pyrrole nitrogens is 2. The molecule has 0 fully saturated rings. The molecule has 0 aliphatic rings. The smallest absolute Gasteiger partial charge is 0.248 e. The molecule has 2 aromatic heterocycles. The molecule has 3 aromatic carbocycles. The van der Waals surface area contributed by atoms with Crippen molar-refractivity contribution in [3.63, 3.8) is 0 Å². The van der Waals surface area contributed by atoms with E-state index in [2.05, 4.69) is 25.7 Å². The molecule has 0 saturated carbocycles. The molecule has 0 unspecified atom stereocenters. The number of hydrogen-bond acceptors (Lipinski definition) is 6. The number of pyridine rings is 1. The third-order valence-corrected chi connectivity index (χ3v) is 5.54. The number of fused-ring (bicyclic) bond motifs is 2.